The smallest absolute Gasteiger partial charge is 0.408 e. The van der Waals surface area contributed by atoms with Crippen molar-refractivity contribution in [3.8, 4) is 11.5 Å². The molecule has 1 saturated heterocycles. The van der Waals surface area contributed by atoms with Crippen LogP contribution >= 0.6 is 11.6 Å². The van der Waals surface area contributed by atoms with Gasteiger partial charge in [0.1, 0.15) is 17.9 Å². The SMILES string of the molecule is CC(C)(C)OC(=O)NCC(=O)N[C@@H]1CCCN2c3cc(Cl)ccc3Oc3ccccc3[C@H]12. The van der Waals surface area contributed by atoms with Crippen molar-refractivity contribution in [1.29, 1.82) is 0 Å². The van der Waals surface area contributed by atoms with Crippen LogP contribution in [0.5, 0.6) is 11.5 Å². The Balaban J connectivity index is 1.56. The Kier molecular flexibility index (Phi) is 6.20. The van der Waals surface area contributed by atoms with Crippen molar-refractivity contribution in [2.45, 2.75) is 51.3 Å². The Labute approximate surface area is 193 Å². The lowest BCUT2D eigenvalue weighted by Crippen LogP contribution is -2.52. The number of carbonyl (C=O) groups excluding carboxylic acids is 2. The molecule has 32 heavy (non-hydrogen) atoms. The molecule has 2 atom stereocenters. The molecule has 1 fully saturated rings. The van der Waals surface area contributed by atoms with E-state index in [1.165, 1.54) is 0 Å². The number of alkyl carbamates (subject to hydrolysis) is 1. The second-order valence-corrected chi connectivity index (χ2v) is 9.50. The first kappa shape index (κ1) is 22.3. The molecule has 0 aromatic heterocycles. The van der Waals surface area contributed by atoms with Gasteiger partial charge in [0.2, 0.25) is 5.91 Å². The molecule has 7 nitrogen and oxygen atoms in total. The molecule has 2 aromatic carbocycles. The van der Waals surface area contributed by atoms with Gasteiger partial charge >= 0.3 is 6.09 Å². The number of ether oxygens (including phenoxy) is 2. The Morgan fingerprint density at radius 2 is 1.97 bits per heavy atom. The van der Waals surface area contributed by atoms with Gasteiger partial charge in [-0.25, -0.2) is 4.79 Å². The molecule has 2 aliphatic rings. The van der Waals surface area contributed by atoms with Gasteiger partial charge in [-0.15, -0.1) is 0 Å². The molecule has 2 N–H and O–H groups in total. The Morgan fingerprint density at radius 3 is 2.75 bits per heavy atom. The van der Waals surface area contributed by atoms with Crippen LogP contribution in [-0.4, -0.2) is 36.7 Å². The van der Waals surface area contributed by atoms with Crippen LogP contribution in [0.3, 0.4) is 0 Å². The van der Waals surface area contributed by atoms with E-state index in [9.17, 15) is 9.59 Å². The van der Waals surface area contributed by atoms with Crippen LogP contribution in [0.2, 0.25) is 5.02 Å². The molecular weight excluding hydrogens is 430 g/mol. The van der Waals surface area contributed by atoms with Crippen LogP contribution in [-0.2, 0) is 9.53 Å². The summed E-state index contributed by atoms with van der Waals surface area (Å²) in [5.74, 6) is 1.23. The van der Waals surface area contributed by atoms with Crippen molar-refractivity contribution < 1.29 is 19.1 Å². The second-order valence-electron chi connectivity index (χ2n) is 9.06. The number of amides is 2. The average Bonchev–Trinajstić information content (AvgIpc) is 2.86. The van der Waals surface area contributed by atoms with Crippen molar-refractivity contribution in [3.63, 3.8) is 0 Å². The van der Waals surface area contributed by atoms with Crippen LogP contribution in [0, 0.1) is 0 Å². The molecule has 0 spiro atoms. The summed E-state index contributed by atoms with van der Waals surface area (Å²) in [6.07, 6.45) is 1.09. The van der Waals surface area contributed by atoms with Crippen molar-refractivity contribution in [2.24, 2.45) is 0 Å². The molecule has 4 rings (SSSR count). The van der Waals surface area contributed by atoms with Crippen molar-refractivity contribution in [2.75, 3.05) is 18.0 Å². The maximum Gasteiger partial charge on any atom is 0.408 e. The molecule has 0 radical (unpaired) electrons. The van der Waals surface area contributed by atoms with Crippen LogP contribution in [0.4, 0.5) is 10.5 Å². The van der Waals surface area contributed by atoms with E-state index in [0.717, 1.165) is 42.1 Å². The zero-order valence-corrected chi connectivity index (χ0v) is 19.2. The number of piperidine rings is 1. The molecule has 2 amide bonds. The number of nitrogens with zero attached hydrogens (tertiary/aromatic N) is 1. The number of hydrogen-bond acceptors (Lipinski definition) is 5. The normalized spacial score (nSPS) is 19.4. The van der Waals surface area contributed by atoms with E-state index < -0.39 is 11.7 Å². The molecule has 170 valence electrons. The minimum atomic E-state index is -0.622. The number of anilines is 1. The maximum absolute atomic E-state index is 12.7. The van der Waals surface area contributed by atoms with Gasteiger partial charge in [0.25, 0.3) is 0 Å². The predicted octanol–water partition coefficient (Wildman–Crippen LogP) is 4.80. The van der Waals surface area contributed by atoms with Gasteiger partial charge in [0.05, 0.1) is 17.8 Å². The Hall–Kier alpha value is -2.93. The summed E-state index contributed by atoms with van der Waals surface area (Å²) >= 11 is 6.31. The first-order chi connectivity index (χ1) is 15.2. The van der Waals surface area contributed by atoms with E-state index in [-0.39, 0.29) is 24.5 Å². The quantitative estimate of drug-likeness (QED) is 0.692. The fraction of sp³-hybridized carbons (Fsp3) is 0.417. The molecular formula is C24H28ClN3O4. The number of para-hydroxylation sites is 1. The number of rotatable bonds is 3. The van der Waals surface area contributed by atoms with Gasteiger partial charge in [-0.1, -0.05) is 29.8 Å². The maximum atomic E-state index is 12.7. The van der Waals surface area contributed by atoms with Crippen molar-refractivity contribution in [3.05, 3.63) is 53.1 Å². The molecule has 0 bridgehead atoms. The first-order valence-corrected chi connectivity index (χ1v) is 11.2. The summed E-state index contributed by atoms with van der Waals surface area (Å²) in [5, 5.41) is 6.27. The van der Waals surface area contributed by atoms with Gasteiger partial charge in [-0.2, -0.15) is 0 Å². The number of benzene rings is 2. The molecule has 8 heteroatoms. The number of halogens is 1. The monoisotopic (exact) mass is 457 g/mol. The van der Waals surface area contributed by atoms with E-state index in [1.807, 2.05) is 42.5 Å². The number of nitrogens with one attached hydrogen (secondary N) is 2. The minimum absolute atomic E-state index is 0.120. The molecule has 2 heterocycles. The highest BCUT2D eigenvalue weighted by atomic mass is 35.5. The minimum Gasteiger partial charge on any atom is -0.455 e. The lowest BCUT2D eigenvalue weighted by atomic mass is 9.89. The summed E-state index contributed by atoms with van der Waals surface area (Å²) in [7, 11) is 0. The molecule has 2 aliphatic heterocycles. The van der Waals surface area contributed by atoms with Crippen LogP contribution in [0.15, 0.2) is 42.5 Å². The van der Waals surface area contributed by atoms with Crippen LogP contribution < -0.4 is 20.3 Å². The second kappa shape index (κ2) is 8.90. The van der Waals surface area contributed by atoms with Gasteiger partial charge in [-0.05, 0) is 57.9 Å². The third-order valence-electron chi connectivity index (χ3n) is 5.46. The molecule has 2 aromatic rings. The average molecular weight is 458 g/mol. The topological polar surface area (TPSA) is 79.9 Å². The van der Waals surface area contributed by atoms with Crippen molar-refractivity contribution in [1.82, 2.24) is 10.6 Å². The third-order valence-corrected chi connectivity index (χ3v) is 5.69. The van der Waals surface area contributed by atoms with Crippen molar-refractivity contribution >= 4 is 29.3 Å². The fourth-order valence-electron chi connectivity index (χ4n) is 4.26. The third kappa shape index (κ3) is 4.93. The number of hydrogen-bond donors (Lipinski definition) is 2. The summed E-state index contributed by atoms with van der Waals surface area (Å²) in [5.41, 5.74) is 1.29. The highest BCUT2D eigenvalue weighted by molar-refractivity contribution is 6.31. The zero-order chi connectivity index (χ0) is 22.9. The van der Waals surface area contributed by atoms with Gasteiger partial charge in [-0.3, -0.25) is 4.79 Å². The van der Waals surface area contributed by atoms with E-state index in [2.05, 4.69) is 15.5 Å². The number of carbonyl (C=O) groups is 2. The predicted molar refractivity (Wildman–Crippen MR) is 123 cm³/mol. The van der Waals surface area contributed by atoms with Crippen LogP contribution in [0.25, 0.3) is 0 Å². The van der Waals surface area contributed by atoms with Crippen LogP contribution in [0.1, 0.15) is 45.2 Å². The molecule has 0 aliphatic carbocycles. The van der Waals surface area contributed by atoms with Gasteiger partial charge < -0.3 is 25.0 Å². The Morgan fingerprint density at radius 1 is 1.19 bits per heavy atom. The summed E-state index contributed by atoms with van der Waals surface area (Å²) in [4.78, 5) is 26.9. The number of fused-ring (bicyclic) bond motifs is 5. The lowest BCUT2D eigenvalue weighted by Gasteiger charge is -2.42. The highest BCUT2D eigenvalue weighted by Gasteiger charge is 2.38. The highest BCUT2D eigenvalue weighted by Crippen LogP contribution is 2.48. The summed E-state index contributed by atoms with van der Waals surface area (Å²) < 4.78 is 11.5. The first-order valence-electron chi connectivity index (χ1n) is 10.8. The van der Waals surface area contributed by atoms with E-state index in [0.29, 0.717) is 5.02 Å². The van der Waals surface area contributed by atoms with E-state index >= 15 is 0 Å². The largest absolute Gasteiger partial charge is 0.455 e. The molecule has 0 saturated carbocycles. The summed E-state index contributed by atoms with van der Waals surface area (Å²) in [6.45, 7) is 5.99. The van der Waals surface area contributed by atoms with Gasteiger partial charge in [0, 0.05) is 17.1 Å². The lowest BCUT2D eigenvalue weighted by molar-refractivity contribution is -0.121. The zero-order valence-electron chi connectivity index (χ0n) is 18.5. The fourth-order valence-corrected chi connectivity index (χ4v) is 4.43. The van der Waals surface area contributed by atoms with Gasteiger partial charge in [0.15, 0.2) is 5.75 Å². The van der Waals surface area contributed by atoms with E-state index in [4.69, 9.17) is 21.1 Å². The standard InChI is InChI=1S/C24H28ClN3O4/c1-24(2,3)32-23(30)26-14-21(29)27-17-8-6-12-28-18-13-15(25)10-11-20(18)31-19-9-5-4-7-16(19)22(17)28/h4-5,7,9-11,13,17,22H,6,8,12,14H2,1-3H3,(H,26,30)(H,27,29)/t17-,22-/m1/s1. The Bertz CT molecular complexity index is 1020. The summed E-state index contributed by atoms with van der Waals surface area (Å²) in [6, 6.07) is 13.2. The van der Waals surface area contributed by atoms with E-state index in [1.54, 1.807) is 20.8 Å². The molecule has 0 unspecified atom stereocenters.